The molecule has 35 heavy (non-hydrogen) atoms. The van der Waals surface area contributed by atoms with Crippen molar-refractivity contribution in [2.24, 2.45) is 0 Å². The van der Waals surface area contributed by atoms with Crippen LogP contribution in [0.4, 0.5) is 20.2 Å². The van der Waals surface area contributed by atoms with Crippen molar-refractivity contribution in [1.82, 2.24) is 0 Å². The van der Waals surface area contributed by atoms with Crippen LogP contribution >= 0.6 is 0 Å². The van der Waals surface area contributed by atoms with Crippen molar-refractivity contribution in [3.8, 4) is 11.5 Å². The molecule has 0 spiro atoms. The molecular formula is C24H20F2N2O7. The molecule has 0 heterocycles. The minimum atomic E-state index is -3.23. The van der Waals surface area contributed by atoms with Gasteiger partial charge in [-0.25, -0.2) is 4.79 Å². The molecule has 1 amide bonds. The number of anilines is 1. The Morgan fingerprint density at radius 1 is 1.00 bits per heavy atom. The number of amides is 1. The number of alkyl halides is 2. The summed E-state index contributed by atoms with van der Waals surface area (Å²) >= 11 is 0. The molecule has 0 saturated carbocycles. The molecule has 3 aromatic carbocycles. The summed E-state index contributed by atoms with van der Waals surface area (Å²) in [6, 6.07) is 16.6. The maximum absolute atomic E-state index is 13.0. The second kappa shape index (κ2) is 11.1. The van der Waals surface area contributed by atoms with Gasteiger partial charge < -0.3 is 19.1 Å². The highest BCUT2D eigenvalue weighted by Crippen LogP contribution is 2.36. The smallest absolute Gasteiger partial charge is 0.387 e. The summed E-state index contributed by atoms with van der Waals surface area (Å²) in [5.74, 6) is -2.12. The molecular weight excluding hydrogens is 466 g/mol. The first-order valence-corrected chi connectivity index (χ1v) is 10.1. The lowest BCUT2D eigenvalue weighted by Gasteiger charge is -2.19. The van der Waals surface area contributed by atoms with E-state index < -0.39 is 41.5 Å². The van der Waals surface area contributed by atoms with Gasteiger partial charge in [0.05, 0.1) is 34.8 Å². The zero-order valence-corrected chi connectivity index (χ0v) is 18.6. The SMILES string of the molecule is COc1cc(COC(=O)c2ccccc2C(=O)N(C)c2ccccc2)c([N+](=O)[O-])cc1OC(F)F. The van der Waals surface area contributed by atoms with E-state index in [1.54, 1.807) is 43.4 Å². The van der Waals surface area contributed by atoms with Gasteiger partial charge >= 0.3 is 12.6 Å². The molecule has 11 heteroatoms. The van der Waals surface area contributed by atoms with Crippen LogP contribution in [-0.2, 0) is 11.3 Å². The third-order valence-corrected chi connectivity index (χ3v) is 4.96. The number of hydrogen-bond acceptors (Lipinski definition) is 7. The third-order valence-electron chi connectivity index (χ3n) is 4.96. The van der Waals surface area contributed by atoms with Crippen LogP contribution in [0.1, 0.15) is 26.3 Å². The highest BCUT2D eigenvalue weighted by Gasteiger charge is 2.25. The number of rotatable bonds is 9. The Bertz CT molecular complexity index is 1240. The molecule has 0 atom stereocenters. The topological polar surface area (TPSA) is 108 Å². The summed E-state index contributed by atoms with van der Waals surface area (Å²) in [5.41, 5.74) is -0.104. The number of hydrogen-bond donors (Lipinski definition) is 0. The average molecular weight is 486 g/mol. The number of para-hydroxylation sites is 1. The van der Waals surface area contributed by atoms with Gasteiger partial charge in [0.15, 0.2) is 11.5 Å². The molecule has 9 nitrogen and oxygen atoms in total. The number of nitro benzene ring substituents is 1. The highest BCUT2D eigenvalue weighted by molar-refractivity contribution is 6.11. The predicted octanol–water partition coefficient (Wildman–Crippen LogP) is 4.84. The summed E-state index contributed by atoms with van der Waals surface area (Å²) in [7, 11) is 2.72. The molecule has 0 N–H and O–H groups in total. The van der Waals surface area contributed by atoms with Gasteiger partial charge in [-0.1, -0.05) is 30.3 Å². The zero-order chi connectivity index (χ0) is 25.5. The van der Waals surface area contributed by atoms with Crippen LogP contribution in [0.15, 0.2) is 66.7 Å². The van der Waals surface area contributed by atoms with Gasteiger partial charge in [0.25, 0.3) is 11.6 Å². The van der Waals surface area contributed by atoms with Crippen molar-refractivity contribution in [1.29, 1.82) is 0 Å². The molecule has 0 saturated heterocycles. The van der Waals surface area contributed by atoms with E-state index in [1.807, 2.05) is 0 Å². The van der Waals surface area contributed by atoms with Crippen molar-refractivity contribution in [2.75, 3.05) is 19.1 Å². The standard InChI is InChI=1S/C24H20F2N2O7/c1-27(16-8-4-3-5-9-16)22(29)17-10-6-7-11-18(17)23(30)34-14-15-12-20(33-2)21(35-24(25)26)13-19(15)28(31)32/h3-13,24H,14H2,1-2H3. The summed E-state index contributed by atoms with van der Waals surface area (Å²) in [6.07, 6.45) is 0. The number of nitro groups is 1. The molecule has 0 unspecified atom stereocenters. The fraction of sp³-hybridized carbons (Fsp3) is 0.167. The number of ether oxygens (including phenoxy) is 3. The number of benzene rings is 3. The molecule has 0 aliphatic heterocycles. The number of nitrogens with zero attached hydrogens (tertiary/aromatic N) is 2. The van der Waals surface area contributed by atoms with Crippen LogP contribution in [0.2, 0.25) is 0 Å². The van der Waals surface area contributed by atoms with Gasteiger partial charge in [0.1, 0.15) is 6.61 Å². The number of carbonyl (C=O) groups excluding carboxylic acids is 2. The maximum atomic E-state index is 13.0. The van der Waals surface area contributed by atoms with Gasteiger partial charge in [-0.15, -0.1) is 0 Å². The number of carbonyl (C=O) groups is 2. The molecule has 0 bridgehead atoms. The molecule has 3 rings (SSSR count). The Hall–Kier alpha value is -4.54. The summed E-state index contributed by atoms with van der Waals surface area (Å²) in [4.78, 5) is 37.9. The lowest BCUT2D eigenvalue weighted by Crippen LogP contribution is -2.28. The Kier molecular flexibility index (Phi) is 7.92. The van der Waals surface area contributed by atoms with Gasteiger partial charge in [0.2, 0.25) is 0 Å². The monoisotopic (exact) mass is 486 g/mol. The van der Waals surface area contributed by atoms with Crippen LogP contribution in [0.3, 0.4) is 0 Å². The summed E-state index contributed by atoms with van der Waals surface area (Å²) in [6.45, 7) is -3.81. The van der Waals surface area contributed by atoms with Crippen molar-refractivity contribution < 1.29 is 37.5 Å². The van der Waals surface area contributed by atoms with Crippen LogP contribution in [-0.4, -0.2) is 37.6 Å². The van der Waals surface area contributed by atoms with Gasteiger partial charge in [0, 0.05) is 12.7 Å². The minimum absolute atomic E-state index is 0.0486. The fourth-order valence-electron chi connectivity index (χ4n) is 3.24. The summed E-state index contributed by atoms with van der Waals surface area (Å²) in [5, 5.41) is 11.5. The number of esters is 1. The van der Waals surface area contributed by atoms with Crippen molar-refractivity contribution in [2.45, 2.75) is 13.2 Å². The van der Waals surface area contributed by atoms with E-state index in [0.717, 1.165) is 12.1 Å². The molecule has 0 aliphatic carbocycles. The lowest BCUT2D eigenvalue weighted by atomic mass is 10.1. The van der Waals surface area contributed by atoms with E-state index >= 15 is 0 Å². The second-order valence-corrected chi connectivity index (χ2v) is 7.09. The Balaban J connectivity index is 1.85. The first-order chi connectivity index (χ1) is 16.7. The fourth-order valence-corrected chi connectivity index (χ4v) is 3.24. The number of halogens is 2. The highest BCUT2D eigenvalue weighted by atomic mass is 19.3. The first-order valence-electron chi connectivity index (χ1n) is 10.1. The maximum Gasteiger partial charge on any atom is 0.387 e. The average Bonchev–Trinajstić information content (AvgIpc) is 2.86. The number of methoxy groups -OCH3 is 1. The Morgan fingerprint density at radius 2 is 1.63 bits per heavy atom. The van der Waals surface area contributed by atoms with Gasteiger partial charge in [-0.05, 0) is 30.3 Å². The zero-order valence-electron chi connectivity index (χ0n) is 18.6. The molecule has 0 aromatic heterocycles. The normalized spacial score (nSPS) is 10.5. The van der Waals surface area contributed by atoms with Crippen LogP contribution in [0.5, 0.6) is 11.5 Å². The molecule has 0 radical (unpaired) electrons. The minimum Gasteiger partial charge on any atom is -0.493 e. The second-order valence-electron chi connectivity index (χ2n) is 7.09. The van der Waals surface area contributed by atoms with E-state index in [2.05, 4.69) is 4.74 Å². The van der Waals surface area contributed by atoms with E-state index in [9.17, 15) is 28.5 Å². The lowest BCUT2D eigenvalue weighted by molar-refractivity contribution is -0.386. The molecule has 3 aromatic rings. The van der Waals surface area contributed by atoms with E-state index in [1.165, 1.54) is 30.2 Å². The van der Waals surface area contributed by atoms with E-state index in [-0.39, 0.29) is 22.4 Å². The van der Waals surface area contributed by atoms with Crippen LogP contribution in [0.25, 0.3) is 0 Å². The predicted molar refractivity (Wildman–Crippen MR) is 121 cm³/mol. The quantitative estimate of drug-likeness (QED) is 0.242. The largest absolute Gasteiger partial charge is 0.493 e. The molecule has 0 fully saturated rings. The molecule has 182 valence electrons. The van der Waals surface area contributed by atoms with Gasteiger partial charge in [-0.2, -0.15) is 8.78 Å². The Morgan fingerprint density at radius 3 is 2.23 bits per heavy atom. The third kappa shape index (κ3) is 5.88. The van der Waals surface area contributed by atoms with E-state index in [4.69, 9.17) is 9.47 Å². The first kappa shape index (κ1) is 25.1. The summed E-state index contributed by atoms with van der Waals surface area (Å²) < 4.78 is 39.7. The van der Waals surface area contributed by atoms with Crippen molar-refractivity contribution in [3.63, 3.8) is 0 Å². The Labute approximate surface area is 198 Å². The van der Waals surface area contributed by atoms with Crippen molar-refractivity contribution >= 4 is 23.3 Å². The van der Waals surface area contributed by atoms with Crippen LogP contribution < -0.4 is 14.4 Å². The van der Waals surface area contributed by atoms with Crippen LogP contribution in [0, 0.1) is 10.1 Å². The van der Waals surface area contributed by atoms with Gasteiger partial charge in [-0.3, -0.25) is 14.9 Å². The van der Waals surface area contributed by atoms with E-state index in [0.29, 0.717) is 5.69 Å². The molecule has 0 aliphatic rings. The van der Waals surface area contributed by atoms with Crippen molar-refractivity contribution in [3.05, 3.63) is 93.5 Å².